The topological polar surface area (TPSA) is 101 Å². The summed E-state index contributed by atoms with van der Waals surface area (Å²) in [5.41, 5.74) is -2.52. The number of hydrogen-bond acceptors (Lipinski definition) is 6. The molecule has 6 heteroatoms. The first kappa shape index (κ1) is 21.0. The smallest absolute Gasteiger partial charge is 0.303 e. The van der Waals surface area contributed by atoms with Crippen molar-refractivity contribution < 1.29 is 29.3 Å². The lowest BCUT2D eigenvalue weighted by Gasteiger charge is -2.60. The van der Waals surface area contributed by atoms with Crippen molar-refractivity contribution in [2.45, 2.75) is 83.8 Å². The standard InChI is InChI=1S/C23H34O6/c1-13(24)29-12-19(27)23(28)9-7-17-16-5-4-14-10-15(25)6-8-21(14,2)20(16)18(26)11-22(17,23)3/h14-17,20,25,28H,4-12H2,1-3H3/t14-,15+,16+,17+,20-,21-,22+,23+/m0/s1. The van der Waals surface area contributed by atoms with Gasteiger partial charge < -0.3 is 14.9 Å². The van der Waals surface area contributed by atoms with E-state index in [2.05, 4.69) is 6.92 Å². The van der Waals surface area contributed by atoms with Crippen LogP contribution < -0.4 is 0 Å². The second-order valence-electron chi connectivity index (χ2n) is 10.6. The van der Waals surface area contributed by atoms with Gasteiger partial charge in [-0.15, -0.1) is 0 Å². The molecule has 4 fully saturated rings. The molecule has 4 aliphatic rings. The van der Waals surface area contributed by atoms with Crippen molar-refractivity contribution >= 4 is 17.5 Å². The Balaban J connectivity index is 1.63. The lowest BCUT2D eigenvalue weighted by Crippen LogP contribution is -2.62. The number of carbonyl (C=O) groups is 3. The fourth-order valence-corrected chi connectivity index (χ4v) is 7.80. The minimum absolute atomic E-state index is 0.0438. The van der Waals surface area contributed by atoms with Crippen molar-refractivity contribution in [3.05, 3.63) is 0 Å². The summed E-state index contributed by atoms with van der Waals surface area (Å²) in [4.78, 5) is 37.5. The SMILES string of the molecule is CC(=O)OCC(=O)[C@]1(O)CC[C@@H]2[C@H]3CC[C@H]4C[C@H](O)CC[C@]4(C)[C@@H]3C(=O)C[C@]21C. The lowest BCUT2D eigenvalue weighted by atomic mass is 9.44. The van der Waals surface area contributed by atoms with Crippen molar-refractivity contribution in [3.8, 4) is 0 Å². The zero-order chi connectivity index (χ0) is 21.2. The van der Waals surface area contributed by atoms with E-state index in [1.54, 1.807) is 0 Å². The maximum Gasteiger partial charge on any atom is 0.303 e. The van der Waals surface area contributed by atoms with Gasteiger partial charge in [0.2, 0.25) is 5.78 Å². The van der Waals surface area contributed by atoms with Crippen molar-refractivity contribution in [1.29, 1.82) is 0 Å². The maximum absolute atomic E-state index is 13.5. The molecule has 0 unspecified atom stereocenters. The van der Waals surface area contributed by atoms with Crippen LogP contribution in [0.1, 0.15) is 72.1 Å². The highest BCUT2D eigenvalue weighted by Gasteiger charge is 2.69. The Hall–Kier alpha value is -1.27. The molecule has 0 aromatic carbocycles. The van der Waals surface area contributed by atoms with E-state index in [9.17, 15) is 24.6 Å². The van der Waals surface area contributed by atoms with Crippen LogP contribution in [0.25, 0.3) is 0 Å². The third-order valence-electron chi connectivity index (χ3n) is 9.35. The normalized spacial score (nSPS) is 49.0. The van der Waals surface area contributed by atoms with E-state index in [0.717, 1.165) is 38.5 Å². The van der Waals surface area contributed by atoms with Crippen molar-refractivity contribution in [3.63, 3.8) is 0 Å². The van der Waals surface area contributed by atoms with Crippen LogP contribution in [0, 0.1) is 34.5 Å². The third kappa shape index (κ3) is 2.93. The predicted molar refractivity (Wildman–Crippen MR) is 105 cm³/mol. The number of ketones is 2. The molecule has 29 heavy (non-hydrogen) atoms. The molecule has 0 aromatic heterocycles. The Labute approximate surface area is 172 Å². The first-order valence-corrected chi connectivity index (χ1v) is 11.1. The minimum atomic E-state index is -1.62. The van der Waals surface area contributed by atoms with Crippen LogP contribution in [0.3, 0.4) is 0 Å². The monoisotopic (exact) mass is 406 g/mol. The van der Waals surface area contributed by atoms with Crippen LogP contribution in [-0.2, 0) is 19.1 Å². The highest BCUT2D eigenvalue weighted by molar-refractivity contribution is 5.93. The average molecular weight is 407 g/mol. The molecule has 0 heterocycles. The third-order valence-corrected chi connectivity index (χ3v) is 9.35. The van der Waals surface area contributed by atoms with E-state index in [0.29, 0.717) is 12.3 Å². The van der Waals surface area contributed by atoms with E-state index in [1.165, 1.54) is 6.92 Å². The summed E-state index contributed by atoms with van der Waals surface area (Å²) < 4.78 is 4.88. The summed E-state index contributed by atoms with van der Waals surface area (Å²) in [5, 5.41) is 21.6. The molecule has 0 radical (unpaired) electrons. The number of carbonyl (C=O) groups excluding carboxylic acids is 3. The molecular formula is C23H34O6. The van der Waals surface area contributed by atoms with Crippen molar-refractivity contribution in [2.24, 2.45) is 34.5 Å². The summed E-state index contributed by atoms with van der Waals surface area (Å²) in [7, 11) is 0. The summed E-state index contributed by atoms with van der Waals surface area (Å²) in [5.74, 6) is -0.256. The zero-order valence-electron chi connectivity index (χ0n) is 17.8. The first-order valence-electron chi connectivity index (χ1n) is 11.1. The first-order chi connectivity index (χ1) is 13.5. The number of Topliss-reactive ketones (excluding diaryl/α,β-unsaturated/α-hetero) is 2. The van der Waals surface area contributed by atoms with Gasteiger partial charge in [-0.3, -0.25) is 14.4 Å². The van der Waals surface area contributed by atoms with Crippen molar-refractivity contribution in [1.82, 2.24) is 0 Å². The number of aliphatic hydroxyl groups is 2. The molecule has 0 aliphatic heterocycles. The molecule has 4 rings (SSSR count). The van der Waals surface area contributed by atoms with Gasteiger partial charge in [0.05, 0.1) is 6.10 Å². The van der Waals surface area contributed by atoms with Crippen molar-refractivity contribution in [2.75, 3.05) is 6.61 Å². The second-order valence-corrected chi connectivity index (χ2v) is 10.6. The van der Waals surface area contributed by atoms with E-state index in [-0.39, 0.29) is 41.5 Å². The molecular weight excluding hydrogens is 372 g/mol. The molecule has 0 bridgehead atoms. The van der Waals surface area contributed by atoms with E-state index >= 15 is 0 Å². The van der Waals surface area contributed by atoms with E-state index < -0.39 is 29.4 Å². The van der Waals surface area contributed by atoms with Crippen LogP contribution in [-0.4, -0.2) is 46.1 Å². The average Bonchev–Trinajstić information content (AvgIpc) is 2.91. The molecule has 0 saturated heterocycles. The molecule has 2 N–H and O–H groups in total. The van der Waals surface area contributed by atoms with Gasteiger partial charge in [0.1, 0.15) is 11.4 Å². The van der Waals surface area contributed by atoms with Crippen LogP contribution in [0.15, 0.2) is 0 Å². The molecule has 4 saturated carbocycles. The molecule has 8 atom stereocenters. The highest BCUT2D eigenvalue weighted by atomic mass is 16.5. The Kier molecular flexibility index (Phi) is 4.97. The number of aliphatic hydroxyl groups excluding tert-OH is 1. The molecule has 162 valence electrons. The van der Waals surface area contributed by atoms with Crippen LogP contribution in [0.5, 0.6) is 0 Å². The molecule has 0 amide bonds. The van der Waals surface area contributed by atoms with Gasteiger partial charge in [-0.1, -0.05) is 13.8 Å². The summed E-state index contributed by atoms with van der Waals surface area (Å²) in [6.45, 7) is 4.93. The maximum atomic E-state index is 13.5. The number of ether oxygens (including phenoxy) is 1. The van der Waals surface area contributed by atoms with E-state index in [4.69, 9.17) is 4.74 Å². The molecule has 4 aliphatic carbocycles. The van der Waals surface area contributed by atoms with Crippen LogP contribution in [0.4, 0.5) is 0 Å². The number of rotatable bonds is 3. The number of esters is 1. The zero-order valence-corrected chi connectivity index (χ0v) is 17.8. The Morgan fingerprint density at radius 1 is 1.14 bits per heavy atom. The Morgan fingerprint density at radius 2 is 1.86 bits per heavy atom. The second kappa shape index (κ2) is 6.88. The Bertz CT molecular complexity index is 733. The largest absolute Gasteiger partial charge is 0.458 e. The predicted octanol–water partition coefficient (Wildman–Crippen LogP) is 2.43. The minimum Gasteiger partial charge on any atom is -0.458 e. The van der Waals surface area contributed by atoms with Gasteiger partial charge in [-0.05, 0) is 68.1 Å². The number of fused-ring (bicyclic) bond motifs is 5. The van der Waals surface area contributed by atoms with Gasteiger partial charge in [-0.25, -0.2) is 0 Å². The van der Waals surface area contributed by atoms with Gasteiger partial charge in [0.15, 0.2) is 6.61 Å². The van der Waals surface area contributed by atoms with Crippen LogP contribution in [0.2, 0.25) is 0 Å². The summed E-state index contributed by atoms with van der Waals surface area (Å²) in [6, 6.07) is 0. The fourth-order valence-electron chi connectivity index (χ4n) is 7.80. The summed E-state index contributed by atoms with van der Waals surface area (Å²) in [6.07, 6.45) is 5.28. The molecule has 0 spiro atoms. The quantitative estimate of drug-likeness (QED) is 0.698. The van der Waals surface area contributed by atoms with Gasteiger partial charge in [-0.2, -0.15) is 0 Å². The van der Waals surface area contributed by atoms with Crippen LogP contribution >= 0.6 is 0 Å². The summed E-state index contributed by atoms with van der Waals surface area (Å²) >= 11 is 0. The molecule has 0 aromatic rings. The van der Waals surface area contributed by atoms with Gasteiger partial charge >= 0.3 is 5.97 Å². The highest BCUT2D eigenvalue weighted by Crippen LogP contribution is 2.67. The fraction of sp³-hybridized carbons (Fsp3) is 0.870. The van der Waals surface area contributed by atoms with E-state index in [1.807, 2.05) is 6.92 Å². The molecule has 6 nitrogen and oxygen atoms in total. The number of hydrogen-bond donors (Lipinski definition) is 2. The lowest BCUT2D eigenvalue weighted by molar-refractivity contribution is -0.181. The van der Waals surface area contributed by atoms with Gasteiger partial charge in [0, 0.05) is 24.7 Å². The van der Waals surface area contributed by atoms with Gasteiger partial charge in [0.25, 0.3) is 0 Å². The Morgan fingerprint density at radius 3 is 2.55 bits per heavy atom.